The molecule has 0 aromatic carbocycles. The van der Waals surface area contributed by atoms with Crippen LogP contribution in [-0.2, 0) is 14.2 Å². The molecule has 0 aromatic heterocycles. The van der Waals surface area contributed by atoms with Gasteiger partial charge in [-0.15, -0.1) is 0 Å². The van der Waals surface area contributed by atoms with Gasteiger partial charge in [0.25, 0.3) is 0 Å². The van der Waals surface area contributed by atoms with Crippen molar-refractivity contribution in [2.75, 3.05) is 20.2 Å². The molecule has 1 aliphatic heterocycles. The minimum atomic E-state index is -0.0208. The van der Waals surface area contributed by atoms with Crippen LogP contribution in [0.15, 0.2) is 0 Å². The van der Waals surface area contributed by atoms with Crippen LogP contribution >= 0.6 is 0 Å². The van der Waals surface area contributed by atoms with Crippen molar-refractivity contribution in [3.05, 3.63) is 0 Å². The van der Waals surface area contributed by atoms with Crippen LogP contribution in [0, 0.1) is 0 Å². The van der Waals surface area contributed by atoms with Gasteiger partial charge in [0, 0.05) is 0 Å². The van der Waals surface area contributed by atoms with E-state index in [9.17, 15) is 0 Å². The highest BCUT2D eigenvalue weighted by Gasteiger charge is 2.33. The first kappa shape index (κ1) is 9.44. The van der Waals surface area contributed by atoms with Crippen molar-refractivity contribution in [3.8, 4) is 0 Å². The summed E-state index contributed by atoms with van der Waals surface area (Å²) in [6.45, 7) is 1.51. The summed E-state index contributed by atoms with van der Waals surface area (Å²) in [7, 11) is 0. The minimum absolute atomic E-state index is 0.0208. The fraction of sp³-hybridized carbons (Fsp3) is 1.00. The molecule has 3 heteroatoms. The fourth-order valence-corrected chi connectivity index (χ4v) is 2.19. The zero-order valence-electron chi connectivity index (χ0n) is 8.09. The van der Waals surface area contributed by atoms with Gasteiger partial charge in [-0.3, -0.25) is 0 Å². The van der Waals surface area contributed by atoms with Crippen molar-refractivity contribution < 1.29 is 14.2 Å². The highest BCUT2D eigenvalue weighted by Crippen LogP contribution is 2.31. The van der Waals surface area contributed by atoms with E-state index in [1.165, 1.54) is 25.7 Å². The molecular weight excluding hydrogens is 168 g/mol. The molecule has 0 unspecified atom stereocenters. The summed E-state index contributed by atoms with van der Waals surface area (Å²) in [4.78, 5) is 0. The van der Waals surface area contributed by atoms with Crippen LogP contribution in [0.1, 0.15) is 38.5 Å². The molecule has 1 saturated carbocycles. The third kappa shape index (κ3) is 2.42. The monoisotopic (exact) mass is 186 g/mol. The third-order valence-electron chi connectivity index (χ3n) is 3.00. The first-order chi connectivity index (χ1) is 6.41. The zero-order chi connectivity index (χ0) is 8.99. The molecule has 1 spiro atoms. The van der Waals surface area contributed by atoms with Gasteiger partial charge in [-0.2, -0.15) is 0 Å². The molecule has 0 bridgehead atoms. The zero-order valence-corrected chi connectivity index (χ0v) is 8.09. The summed E-state index contributed by atoms with van der Waals surface area (Å²) >= 11 is 0. The van der Waals surface area contributed by atoms with Gasteiger partial charge in [0.2, 0.25) is 0 Å². The van der Waals surface area contributed by atoms with Gasteiger partial charge in [0.15, 0.2) is 0 Å². The Morgan fingerprint density at radius 2 is 1.54 bits per heavy atom. The van der Waals surface area contributed by atoms with Crippen LogP contribution in [-0.4, -0.2) is 25.8 Å². The molecule has 0 aromatic rings. The smallest absolute Gasteiger partial charge is 0.150 e. The summed E-state index contributed by atoms with van der Waals surface area (Å²) < 4.78 is 16.3. The fourth-order valence-electron chi connectivity index (χ4n) is 2.19. The van der Waals surface area contributed by atoms with E-state index >= 15 is 0 Å². The quantitative estimate of drug-likeness (QED) is 0.579. The van der Waals surface area contributed by atoms with E-state index in [1.54, 1.807) is 0 Å². The van der Waals surface area contributed by atoms with E-state index < -0.39 is 0 Å². The molecule has 0 atom stereocenters. The van der Waals surface area contributed by atoms with E-state index in [0.717, 1.165) is 12.8 Å². The molecule has 1 saturated heterocycles. The van der Waals surface area contributed by atoms with Crippen LogP contribution in [0.5, 0.6) is 0 Å². The maximum absolute atomic E-state index is 5.76. The average molecular weight is 186 g/mol. The lowest BCUT2D eigenvalue weighted by Gasteiger charge is -2.29. The molecule has 3 nitrogen and oxygen atoms in total. The standard InChI is InChI=1S/C10H18O3/c1-2-4-6-10(5-3-1)7-11-8-12-9-13-10/h1-9H2. The van der Waals surface area contributed by atoms with Crippen molar-refractivity contribution in [3.63, 3.8) is 0 Å². The summed E-state index contributed by atoms with van der Waals surface area (Å²) in [5, 5.41) is 0. The lowest BCUT2D eigenvalue weighted by molar-refractivity contribution is -0.123. The van der Waals surface area contributed by atoms with Gasteiger partial charge >= 0.3 is 0 Å². The Balaban J connectivity index is 1.97. The molecular formula is C10H18O3. The molecule has 2 aliphatic rings. The Morgan fingerprint density at radius 1 is 0.769 bits per heavy atom. The Morgan fingerprint density at radius 3 is 2.31 bits per heavy atom. The first-order valence-corrected chi connectivity index (χ1v) is 5.21. The minimum Gasteiger partial charge on any atom is -0.352 e. The van der Waals surface area contributed by atoms with E-state index in [2.05, 4.69) is 0 Å². The van der Waals surface area contributed by atoms with Crippen LogP contribution < -0.4 is 0 Å². The predicted molar refractivity (Wildman–Crippen MR) is 48.3 cm³/mol. The van der Waals surface area contributed by atoms with Crippen LogP contribution in [0.2, 0.25) is 0 Å². The molecule has 0 N–H and O–H groups in total. The molecule has 0 radical (unpaired) electrons. The van der Waals surface area contributed by atoms with Gasteiger partial charge in [-0.1, -0.05) is 25.7 Å². The van der Waals surface area contributed by atoms with Crippen LogP contribution in [0.4, 0.5) is 0 Å². The van der Waals surface area contributed by atoms with Crippen molar-refractivity contribution in [1.29, 1.82) is 0 Å². The second-order valence-electron chi connectivity index (χ2n) is 4.03. The van der Waals surface area contributed by atoms with Gasteiger partial charge in [0.05, 0.1) is 12.2 Å². The van der Waals surface area contributed by atoms with Crippen LogP contribution in [0.25, 0.3) is 0 Å². The Labute approximate surface area is 79.4 Å². The SMILES string of the molecule is C1CCCC2(CC1)COCOCO2. The normalized spacial score (nSPS) is 29.5. The van der Waals surface area contributed by atoms with Crippen molar-refractivity contribution in [2.45, 2.75) is 44.1 Å². The first-order valence-electron chi connectivity index (χ1n) is 5.21. The Hall–Kier alpha value is -0.120. The lowest BCUT2D eigenvalue weighted by atomic mass is 9.95. The van der Waals surface area contributed by atoms with Gasteiger partial charge < -0.3 is 14.2 Å². The van der Waals surface area contributed by atoms with Crippen molar-refractivity contribution in [1.82, 2.24) is 0 Å². The number of hydrogen-bond donors (Lipinski definition) is 0. The molecule has 1 aliphatic carbocycles. The topological polar surface area (TPSA) is 27.7 Å². The Bertz CT molecular complexity index is 121. The van der Waals surface area contributed by atoms with E-state index in [0.29, 0.717) is 20.2 Å². The highest BCUT2D eigenvalue weighted by molar-refractivity contribution is 4.83. The molecule has 1 heterocycles. The van der Waals surface area contributed by atoms with E-state index in [-0.39, 0.29) is 5.60 Å². The van der Waals surface area contributed by atoms with Crippen molar-refractivity contribution in [2.24, 2.45) is 0 Å². The summed E-state index contributed by atoms with van der Waals surface area (Å²) in [5.41, 5.74) is -0.0208. The molecule has 13 heavy (non-hydrogen) atoms. The van der Waals surface area contributed by atoms with Crippen LogP contribution in [0.3, 0.4) is 0 Å². The molecule has 2 fully saturated rings. The third-order valence-corrected chi connectivity index (χ3v) is 3.00. The number of rotatable bonds is 0. The number of ether oxygens (including phenoxy) is 3. The molecule has 76 valence electrons. The molecule has 0 amide bonds. The van der Waals surface area contributed by atoms with Gasteiger partial charge in [0.1, 0.15) is 13.6 Å². The Kier molecular flexibility index (Phi) is 3.19. The lowest BCUT2D eigenvalue weighted by Crippen LogP contribution is -2.36. The van der Waals surface area contributed by atoms with Gasteiger partial charge in [-0.25, -0.2) is 0 Å². The summed E-state index contributed by atoms with van der Waals surface area (Å²) in [6, 6.07) is 0. The second kappa shape index (κ2) is 4.40. The van der Waals surface area contributed by atoms with Crippen molar-refractivity contribution >= 4 is 0 Å². The van der Waals surface area contributed by atoms with Gasteiger partial charge in [-0.05, 0) is 12.8 Å². The largest absolute Gasteiger partial charge is 0.352 e. The maximum Gasteiger partial charge on any atom is 0.150 e. The highest BCUT2D eigenvalue weighted by atomic mass is 16.8. The maximum atomic E-state index is 5.76. The van der Waals surface area contributed by atoms with E-state index in [1.807, 2.05) is 0 Å². The summed E-state index contributed by atoms with van der Waals surface area (Å²) in [5.74, 6) is 0. The second-order valence-corrected chi connectivity index (χ2v) is 4.03. The van der Waals surface area contributed by atoms with E-state index in [4.69, 9.17) is 14.2 Å². The predicted octanol–water partition coefficient (Wildman–Crippen LogP) is 2.06. The number of hydrogen-bond acceptors (Lipinski definition) is 3. The average Bonchev–Trinajstić information content (AvgIpc) is 2.50. The summed E-state index contributed by atoms with van der Waals surface area (Å²) in [6.07, 6.45) is 7.48. The molecule has 2 rings (SSSR count).